The summed E-state index contributed by atoms with van der Waals surface area (Å²) >= 11 is 0. The summed E-state index contributed by atoms with van der Waals surface area (Å²) in [5, 5.41) is 8.00. The van der Waals surface area contributed by atoms with Gasteiger partial charge in [-0.3, -0.25) is 9.20 Å². The van der Waals surface area contributed by atoms with Crippen molar-refractivity contribution in [3.05, 3.63) is 59.9 Å². The molecule has 2 heterocycles. The molecule has 0 aliphatic heterocycles. The number of imidazole rings is 1. The second kappa shape index (κ2) is 7.16. The molecule has 0 atom stereocenters. The summed E-state index contributed by atoms with van der Waals surface area (Å²) in [5.74, 6) is -1.23. The first-order valence-corrected chi connectivity index (χ1v) is 7.56. The third-order valence-corrected chi connectivity index (χ3v) is 3.31. The van der Waals surface area contributed by atoms with E-state index >= 15 is 0 Å². The van der Waals surface area contributed by atoms with Crippen molar-refractivity contribution in [1.82, 2.24) is 9.38 Å². The maximum Gasteiger partial charge on any atom is 0.312 e. The van der Waals surface area contributed by atoms with Crippen LogP contribution in [0.5, 0.6) is 0 Å². The lowest BCUT2D eigenvalue weighted by molar-refractivity contribution is -0.142. The normalized spacial score (nSPS) is 11.3. The summed E-state index contributed by atoms with van der Waals surface area (Å²) in [7, 11) is 0. The molecule has 25 heavy (non-hydrogen) atoms. The molecule has 0 saturated heterocycles. The van der Waals surface area contributed by atoms with Gasteiger partial charge >= 0.3 is 5.97 Å². The molecule has 2 aromatic heterocycles. The van der Waals surface area contributed by atoms with Gasteiger partial charge in [-0.25, -0.2) is 13.8 Å². The molecule has 0 aliphatic rings. The number of carbonyl (C=O) groups is 1. The van der Waals surface area contributed by atoms with Crippen molar-refractivity contribution in [2.24, 2.45) is 10.2 Å². The topological polar surface area (TPSA) is 68.3 Å². The number of fused-ring (bicyclic) bond motifs is 1. The SMILES string of the molecule is CCOC(=O)Cc1nc2ccc(F)cn2c1N=Nc1cccc(F)c1. The Bertz CT molecular complexity index is 953. The van der Waals surface area contributed by atoms with Crippen LogP contribution >= 0.6 is 0 Å². The smallest absolute Gasteiger partial charge is 0.312 e. The fourth-order valence-electron chi connectivity index (χ4n) is 2.27. The molecule has 0 spiro atoms. The standard InChI is InChI=1S/C17H14F2N4O2/c1-2-25-16(24)9-14-17(22-21-13-5-3-4-11(18)8-13)23-10-12(19)6-7-15(23)20-14/h3-8,10H,2,9H2,1H3. The molecule has 0 radical (unpaired) electrons. The first kappa shape index (κ1) is 16.7. The van der Waals surface area contributed by atoms with Gasteiger partial charge in [-0.2, -0.15) is 0 Å². The van der Waals surface area contributed by atoms with E-state index in [9.17, 15) is 13.6 Å². The van der Waals surface area contributed by atoms with Crippen LogP contribution in [-0.4, -0.2) is 22.0 Å². The van der Waals surface area contributed by atoms with Crippen molar-refractivity contribution in [2.45, 2.75) is 13.3 Å². The maximum absolute atomic E-state index is 13.6. The number of hydrogen-bond donors (Lipinski definition) is 0. The summed E-state index contributed by atoms with van der Waals surface area (Å²) in [4.78, 5) is 16.0. The van der Waals surface area contributed by atoms with Crippen molar-refractivity contribution in [3.8, 4) is 0 Å². The van der Waals surface area contributed by atoms with E-state index in [1.165, 1.54) is 40.9 Å². The second-order valence-corrected chi connectivity index (χ2v) is 5.12. The zero-order valence-electron chi connectivity index (χ0n) is 13.3. The molecule has 6 nitrogen and oxygen atoms in total. The van der Waals surface area contributed by atoms with E-state index in [-0.39, 0.29) is 24.5 Å². The lowest BCUT2D eigenvalue weighted by Gasteiger charge is -2.00. The molecular formula is C17H14F2N4O2. The summed E-state index contributed by atoms with van der Waals surface area (Å²) in [6, 6.07) is 8.28. The lowest BCUT2D eigenvalue weighted by atomic mass is 10.3. The van der Waals surface area contributed by atoms with Crippen molar-refractivity contribution in [1.29, 1.82) is 0 Å². The highest BCUT2D eigenvalue weighted by Crippen LogP contribution is 2.25. The summed E-state index contributed by atoms with van der Waals surface area (Å²) in [6.45, 7) is 1.93. The monoisotopic (exact) mass is 344 g/mol. The minimum absolute atomic E-state index is 0.130. The molecule has 8 heteroatoms. The minimum Gasteiger partial charge on any atom is -0.466 e. The van der Waals surface area contributed by atoms with Gasteiger partial charge < -0.3 is 4.74 Å². The van der Waals surface area contributed by atoms with Crippen LogP contribution < -0.4 is 0 Å². The summed E-state index contributed by atoms with van der Waals surface area (Å²) < 4.78 is 33.1. The van der Waals surface area contributed by atoms with Gasteiger partial charge in [0.25, 0.3) is 0 Å². The molecule has 0 saturated carbocycles. The van der Waals surface area contributed by atoms with E-state index in [0.29, 0.717) is 11.3 Å². The average molecular weight is 344 g/mol. The van der Waals surface area contributed by atoms with E-state index in [1.54, 1.807) is 13.0 Å². The maximum atomic E-state index is 13.6. The number of rotatable bonds is 5. The van der Waals surface area contributed by atoms with Gasteiger partial charge in [0.05, 0.1) is 24.4 Å². The highest BCUT2D eigenvalue weighted by molar-refractivity contribution is 5.74. The van der Waals surface area contributed by atoms with Crippen LogP contribution in [0.4, 0.5) is 20.3 Å². The summed E-state index contributed by atoms with van der Waals surface area (Å²) in [6.07, 6.45) is 1.06. The van der Waals surface area contributed by atoms with Gasteiger partial charge in [0.15, 0.2) is 5.82 Å². The molecule has 0 aliphatic carbocycles. The molecule has 128 valence electrons. The molecule has 0 amide bonds. The highest BCUT2D eigenvalue weighted by atomic mass is 19.1. The van der Waals surface area contributed by atoms with Crippen LogP contribution in [0.15, 0.2) is 52.8 Å². The van der Waals surface area contributed by atoms with Gasteiger partial charge in [0.2, 0.25) is 0 Å². The van der Waals surface area contributed by atoms with E-state index in [2.05, 4.69) is 15.2 Å². The molecule has 0 bridgehead atoms. The van der Waals surface area contributed by atoms with E-state index < -0.39 is 17.6 Å². The molecule has 3 rings (SSSR count). The van der Waals surface area contributed by atoms with E-state index in [1.807, 2.05) is 0 Å². The average Bonchev–Trinajstić information content (AvgIpc) is 2.89. The van der Waals surface area contributed by atoms with Crippen LogP contribution in [0.3, 0.4) is 0 Å². The Morgan fingerprint density at radius 3 is 2.80 bits per heavy atom. The summed E-state index contributed by atoms with van der Waals surface area (Å²) in [5.41, 5.74) is 0.992. The van der Waals surface area contributed by atoms with Crippen LogP contribution in [0.25, 0.3) is 5.65 Å². The molecule has 0 fully saturated rings. The predicted octanol–water partition coefficient (Wildman–Crippen LogP) is 4.13. The van der Waals surface area contributed by atoms with Gasteiger partial charge in [-0.05, 0) is 31.2 Å². The number of aromatic nitrogens is 2. The molecule has 3 aromatic rings. The number of ether oxygens (including phenoxy) is 1. The predicted molar refractivity (Wildman–Crippen MR) is 86.1 cm³/mol. The zero-order chi connectivity index (χ0) is 17.8. The first-order chi connectivity index (χ1) is 12.1. The van der Waals surface area contributed by atoms with Crippen molar-refractivity contribution >= 4 is 23.1 Å². The molecule has 0 unspecified atom stereocenters. The van der Waals surface area contributed by atoms with Crippen molar-refractivity contribution in [2.75, 3.05) is 6.61 Å². The fourth-order valence-corrected chi connectivity index (χ4v) is 2.27. The van der Waals surface area contributed by atoms with Crippen LogP contribution in [0.2, 0.25) is 0 Å². The number of esters is 1. The number of carbonyl (C=O) groups excluding carboxylic acids is 1. The number of azo groups is 1. The minimum atomic E-state index is -0.491. The van der Waals surface area contributed by atoms with Gasteiger partial charge in [0, 0.05) is 12.3 Å². The van der Waals surface area contributed by atoms with E-state index in [4.69, 9.17) is 4.74 Å². The van der Waals surface area contributed by atoms with Gasteiger partial charge in [-0.1, -0.05) is 6.07 Å². The van der Waals surface area contributed by atoms with Crippen LogP contribution in [-0.2, 0) is 16.0 Å². The molecule has 1 aromatic carbocycles. The van der Waals surface area contributed by atoms with Crippen LogP contribution in [0.1, 0.15) is 12.6 Å². The number of benzene rings is 1. The zero-order valence-corrected chi connectivity index (χ0v) is 13.3. The Labute approximate surface area is 141 Å². The van der Waals surface area contributed by atoms with Crippen molar-refractivity contribution in [3.63, 3.8) is 0 Å². The van der Waals surface area contributed by atoms with Gasteiger partial charge in [0.1, 0.15) is 17.3 Å². The van der Waals surface area contributed by atoms with E-state index in [0.717, 1.165) is 0 Å². The fraction of sp³-hybridized carbons (Fsp3) is 0.176. The Morgan fingerprint density at radius 2 is 2.04 bits per heavy atom. The number of halogens is 2. The highest BCUT2D eigenvalue weighted by Gasteiger charge is 2.16. The Kier molecular flexibility index (Phi) is 4.78. The Hall–Kier alpha value is -3.16. The van der Waals surface area contributed by atoms with Crippen molar-refractivity contribution < 1.29 is 18.3 Å². The number of pyridine rings is 1. The first-order valence-electron chi connectivity index (χ1n) is 7.56. The quantitative estimate of drug-likeness (QED) is 0.516. The van der Waals surface area contributed by atoms with Gasteiger partial charge in [-0.15, -0.1) is 10.2 Å². The third kappa shape index (κ3) is 3.85. The third-order valence-electron chi connectivity index (χ3n) is 3.31. The number of hydrogen-bond acceptors (Lipinski definition) is 5. The largest absolute Gasteiger partial charge is 0.466 e. The number of nitrogens with zero attached hydrogens (tertiary/aromatic N) is 4. The molecule has 0 N–H and O–H groups in total. The molecular weight excluding hydrogens is 330 g/mol. The Morgan fingerprint density at radius 1 is 1.20 bits per heavy atom. The van der Waals surface area contributed by atoms with Crippen LogP contribution in [0, 0.1) is 11.6 Å². The lowest BCUT2D eigenvalue weighted by Crippen LogP contribution is -2.07. The Balaban J connectivity index is 2.03. The second-order valence-electron chi connectivity index (χ2n) is 5.12.